The van der Waals surface area contributed by atoms with Gasteiger partial charge < -0.3 is 14.9 Å². The number of fused-ring (bicyclic) bond motifs is 3. The number of carbonyl (C=O) groups excluding carboxylic acids is 1. The van der Waals surface area contributed by atoms with E-state index in [1.807, 2.05) is 48.5 Å². The lowest BCUT2D eigenvalue weighted by molar-refractivity contribution is 0.0700. The predicted octanol–water partition coefficient (Wildman–Crippen LogP) is 7.26. The van der Waals surface area contributed by atoms with Crippen molar-refractivity contribution < 1.29 is 24.5 Å². The maximum atomic E-state index is 12.7. The van der Waals surface area contributed by atoms with Crippen molar-refractivity contribution in [2.24, 2.45) is 0 Å². The van der Waals surface area contributed by atoms with Crippen molar-refractivity contribution in [3.8, 4) is 16.9 Å². The van der Waals surface area contributed by atoms with Gasteiger partial charge in [0, 0.05) is 0 Å². The Morgan fingerprint density at radius 1 is 0.700 bits per heavy atom. The number of carboxylic acids is 1. The minimum absolute atomic E-state index is 0.0819. The van der Waals surface area contributed by atoms with Crippen LogP contribution in [0, 0.1) is 0 Å². The van der Waals surface area contributed by atoms with Crippen LogP contribution in [0.15, 0.2) is 109 Å². The van der Waals surface area contributed by atoms with Crippen molar-refractivity contribution in [2.45, 2.75) is 24.9 Å². The van der Waals surface area contributed by atoms with Gasteiger partial charge in [-0.05, 0) is 77.1 Å². The molecule has 0 bridgehead atoms. The number of hydrogen-bond donors (Lipinski definition) is 2. The average molecular weight is 547 g/mol. The summed E-state index contributed by atoms with van der Waals surface area (Å²) in [6.07, 6.45) is 0. The highest BCUT2D eigenvalue weighted by molar-refractivity contribution is 7.15. The van der Waals surface area contributed by atoms with Crippen molar-refractivity contribution in [1.29, 1.82) is 0 Å². The number of benzene rings is 4. The van der Waals surface area contributed by atoms with Gasteiger partial charge in [0.05, 0.1) is 11.0 Å². The number of esters is 1. The van der Waals surface area contributed by atoms with Gasteiger partial charge in [-0.3, -0.25) is 0 Å². The first kappa shape index (κ1) is 25.7. The summed E-state index contributed by atoms with van der Waals surface area (Å²) in [5.74, 6) is -1.31. The zero-order chi connectivity index (χ0) is 28.1. The van der Waals surface area contributed by atoms with E-state index in [0.29, 0.717) is 5.75 Å². The van der Waals surface area contributed by atoms with E-state index in [0.717, 1.165) is 50.3 Å². The fourth-order valence-electron chi connectivity index (χ4n) is 5.64. The van der Waals surface area contributed by atoms with Crippen molar-refractivity contribution in [1.82, 2.24) is 0 Å². The number of hydrogen-bond acceptors (Lipinski definition) is 5. The van der Waals surface area contributed by atoms with Gasteiger partial charge in [0.2, 0.25) is 0 Å². The molecule has 5 aromatic rings. The van der Waals surface area contributed by atoms with Gasteiger partial charge in [0.25, 0.3) is 0 Å². The monoisotopic (exact) mass is 546 g/mol. The fraction of sp³-hybridized carbons (Fsp3) is 0.118. The molecule has 0 unspecified atom stereocenters. The minimum Gasteiger partial charge on any atom is -0.477 e. The van der Waals surface area contributed by atoms with Gasteiger partial charge in [-0.25, -0.2) is 9.59 Å². The van der Waals surface area contributed by atoms with E-state index in [9.17, 15) is 14.7 Å². The number of thiophene rings is 1. The van der Waals surface area contributed by atoms with Gasteiger partial charge in [-0.2, -0.15) is 0 Å². The molecule has 4 aromatic carbocycles. The minimum atomic E-state index is -1.08. The van der Waals surface area contributed by atoms with Gasteiger partial charge in [-0.1, -0.05) is 84.9 Å². The lowest BCUT2D eigenvalue weighted by atomic mass is 9.67. The molecule has 0 amide bonds. The molecule has 1 heterocycles. The average Bonchev–Trinajstić information content (AvgIpc) is 3.56. The second-order valence-electron chi connectivity index (χ2n) is 10.4. The van der Waals surface area contributed by atoms with Crippen molar-refractivity contribution in [2.75, 3.05) is 0 Å². The molecule has 198 valence electrons. The van der Waals surface area contributed by atoms with Crippen LogP contribution in [-0.2, 0) is 11.0 Å². The summed E-state index contributed by atoms with van der Waals surface area (Å²) in [5, 5.41) is 19.7. The van der Waals surface area contributed by atoms with Crippen molar-refractivity contribution in [3.63, 3.8) is 0 Å². The molecular formula is C34H26O5S. The number of carboxylic acid groups (broad SMARTS) is 1. The van der Waals surface area contributed by atoms with Crippen LogP contribution in [0.4, 0.5) is 0 Å². The highest BCUT2D eigenvalue weighted by Gasteiger charge is 2.46. The quantitative estimate of drug-likeness (QED) is 0.170. The maximum absolute atomic E-state index is 12.7. The second-order valence-corrected chi connectivity index (χ2v) is 11.4. The number of rotatable bonds is 6. The highest BCUT2D eigenvalue weighted by Crippen LogP contribution is 2.56. The molecule has 6 rings (SSSR count). The zero-order valence-corrected chi connectivity index (χ0v) is 22.7. The van der Waals surface area contributed by atoms with Gasteiger partial charge in [-0.15, -0.1) is 11.3 Å². The summed E-state index contributed by atoms with van der Waals surface area (Å²) in [6, 6.07) is 35.3. The molecule has 40 heavy (non-hydrogen) atoms. The first-order valence-corrected chi connectivity index (χ1v) is 13.7. The topological polar surface area (TPSA) is 83.8 Å². The van der Waals surface area contributed by atoms with Crippen LogP contribution in [0.2, 0.25) is 0 Å². The standard InChI is InChI=1S/C34H26O5S/c1-33(2,38)21-11-13-22(14-12-21)34(27-9-5-3-7-25(27)26-8-4-6-10-28(26)34)23-15-17-24(18-16-23)39-32(37)30-20-19-29(40-30)31(35)36/h3-20,38H,1-2H3,(H,35,36). The molecule has 0 atom stereocenters. The SMILES string of the molecule is CC(C)(O)c1ccc(C2(c3ccc(OC(=O)c4ccc(C(=O)O)s4)cc3)c3ccccc3-c3ccccc32)cc1. The Morgan fingerprint density at radius 3 is 1.70 bits per heavy atom. The third kappa shape index (κ3) is 4.13. The molecule has 2 N–H and O–H groups in total. The fourth-order valence-corrected chi connectivity index (χ4v) is 6.37. The normalized spacial score (nSPS) is 13.4. The van der Waals surface area contributed by atoms with E-state index in [2.05, 4.69) is 36.4 Å². The van der Waals surface area contributed by atoms with Crippen molar-refractivity contribution in [3.05, 3.63) is 147 Å². The number of ether oxygens (including phenoxy) is 1. The Kier molecular flexibility index (Phi) is 6.17. The van der Waals surface area contributed by atoms with E-state index in [-0.39, 0.29) is 9.75 Å². The van der Waals surface area contributed by atoms with Crippen LogP contribution < -0.4 is 4.74 Å². The Hall–Kier alpha value is -4.52. The second kappa shape index (κ2) is 9.59. The molecule has 0 saturated heterocycles. The lowest BCUT2D eigenvalue weighted by Gasteiger charge is -2.34. The van der Waals surface area contributed by atoms with E-state index in [4.69, 9.17) is 9.84 Å². The number of aliphatic hydroxyl groups is 1. The summed E-state index contributed by atoms with van der Waals surface area (Å²) in [6.45, 7) is 3.55. The van der Waals surface area contributed by atoms with Crippen LogP contribution in [0.3, 0.4) is 0 Å². The molecule has 1 aliphatic rings. The largest absolute Gasteiger partial charge is 0.477 e. The van der Waals surface area contributed by atoms with Gasteiger partial charge >= 0.3 is 11.9 Å². The first-order chi connectivity index (χ1) is 19.2. The molecule has 0 saturated carbocycles. The summed E-state index contributed by atoms with van der Waals surface area (Å²) in [7, 11) is 0. The molecule has 0 radical (unpaired) electrons. The molecule has 1 aromatic heterocycles. The summed E-state index contributed by atoms with van der Waals surface area (Å²) < 4.78 is 5.59. The molecule has 0 spiro atoms. The zero-order valence-electron chi connectivity index (χ0n) is 21.9. The number of aromatic carboxylic acids is 1. The van der Waals surface area contributed by atoms with E-state index in [1.54, 1.807) is 26.0 Å². The molecular weight excluding hydrogens is 520 g/mol. The van der Waals surface area contributed by atoms with Crippen LogP contribution >= 0.6 is 11.3 Å². The predicted molar refractivity (Wildman–Crippen MR) is 155 cm³/mol. The Morgan fingerprint density at radius 2 is 1.20 bits per heavy atom. The highest BCUT2D eigenvalue weighted by atomic mass is 32.1. The van der Waals surface area contributed by atoms with E-state index >= 15 is 0 Å². The summed E-state index contributed by atoms with van der Waals surface area (Å²) in [4.78, 5) is 24.2. The third-order valence-corrected chi connectivity index (χ3v) is 8.55. The Labute approximate surface area is 236 Å². The van der Waals surface area contributed by atoms with Crippen LogP contribution in [0.25, 0.3) is 11.1 Å². The van der Waals surface area contributed by atoms with E-state index < -0.39 is 23.0 Å². The van der Waals surface area contributed by atoms with E-state index in [1.165, 1.54) is 12.1 Å². The molecule has 1 aliphatic carbocycles. The van der Waals surface area contributed by atoms with Crippen LogP contribution in [-0.4, -0.2) is 22.2 Å². The molecule has 0 aliphatic heterocycles. The lowest BCUT2D eigenvalue weighted by Crippen LogP contribution is -2.29. The number of carbonyl (C=O) groups is 2. The Balaban J connectivity index is 1.46. The van der Waals surface area contributed by atoms with Gasteiger partial charge in [0.1, 0.15) is 15.5 Å². The Bertz CT molecular complexity index is 1700. The van der Waals surface area contributed by atoms with Crippen molar-refractivity contribution >= 4 is 23.3 Å². The molecule has 6 heteroatoms. The van der Waals surface area contributed by atoms with Crippen LogP contribution in [0.5, 0.6) is 5.75 Å². The maximum Gasteiger partial charge on any atom is 0.353 e. The summed E-state index contributed by atoms with van der Waals surface area (Å²) in [5.41, 5.74) is 5.92. The third-order valence-electron chi connectivity index (χ3n) is 7.49. The van der Waals surface area contributed by atoms with Crippen LogP contribution in [0.1, 0.15) is 61.0 Å². The first-order valence-electron chi connectivity index (χ1n) is 12.9. The summed E-state index contributed by atoms with van der Waals surface area (Å²) >= 11 is 0.884. The molecule has 0 fully saturated rings. The van der Waals surface area contributed by atoms with Gasteiger partial charge in [0.15, 0.2) is 0 Å². The smallest absolute Gasteiger partial charge is 0.353 e. The molecule has 5 nitrogen and oxygen atoms in total.